The first-order valence-corrected chi connectivity index (χ1v) is 8.28. The van der Waals surface area contributed by atoms with Crippen molar-refractivity contribution < 1.29 is 33.6 Å². The monoisotopic (exact) mass is 406 g/mol. The van der Waals surface area contributed by atoms with Crippen molar-refractivity contribution in [3.05, 3.63) is 62.2 Å². The lowest BCUT2D eigenvalue weighted by Crippen LogP contribution is -2.11. The second-order valence-corrected chi connectivity index (χ2v) is 5.60. The molecule has 11 heteroatoms. The van der Waals surface area contributed by atoms with Crippen LogP contribution in [-0.4, -0.2) is 43.2 Å². The summed E-state index contributed by atoms with van der Waals surface area (Å²) in [7, 11) is 2.61. The Morgan fingerprint density at radius 3 is 1.97 bits per heavy atom. The Hall–Kier alpha value is -3.89. The summed E-state index contributed by atoms with van der Waals surface area (Å²) < 4.78 is 20.2. The molecule has 0 aromatic heterocycles. The molecule has 0 aliphatic heterocycles. The molecule has 0 unspecified atom stereocenters. The highest BCUT2D eigenvalue weighted by Gasteiger charge is 2.19. The van der Waals surface area contributed by atoms with Crippen LogP contribution in [0.4, 0.5) is 11.4 Å². The van der Waals surface area contributed by atoms with Crippen molar-refractivity contribution in [2.45, 2.75) is 6.42 Å². The van der Waals surface area contributed by atoms with Gasteiger partial charge in [-0.2, -0.15) is 0 Å². The van der Waals surface area contributed by atoms with Crippen molar-refractivity contribution in [3.63, 3.8) is 0 Å². The zero-order valence-corrected chi connectivity index (χ0v) is 15.7. The Kier molecular flexibility index (Phi) is 7.29. The van der Waals surface area contributed by atoms with Crippen molar-refractivity contribution >= 4 is 17.3 Å². The maximum atomic E-state index is 11.3. The molecule has 0 spiro atoms. The molecule has 0 aliphatic rings. The van der Waals surface area contributed by atoms with E-state index < -0.39 is 15.8 Å². The minimum Gasteiger partial charge on any atom is -0.496 e. The number of carbonyl (C=O) groups excluding carboxylic acids is 1. The minimum absolute atomic E-state index is 0.0160. The molecule has 0 saturated heterocycles. The number of carbonyl (C=O) groups is 1. The van der Waals surface area contributed by atoms with Crippen LogP contribution in [-0.2, 0) is 16.0 Å². The van der Waals surface area contributed by atoms with Crippen LogP contribution >= 0.6 is 0 Å². The van der Waals surface area contributed by atoms with E-state index in [9.17, 15) is 25.0 Å². The standard InChI is InChI=1S/C18H18N2O9/c1-26-13-4-6-17(15(11-13)20(24)25)29-8-7-28-16-5-3-12(10-18(21)27-2)9-14(16)19(22)23/h3-6,9,11H,7-8,10H2,1-2H3. The highest BCUT2D eigenvalue weighted by Crippen LogP contribution is 2.31. The predicted octanol–water partition coefficient (Wildman–Crippen LogP) is 2.68. The number of nitro groups is 2. The zero-order chi connectivity index (χ0) is 21.4. The Labute approximate surface area is 165 Å². The topological polar surface area (TPSA) is 140 Å². The van der Waals surface area contributed by atoms with Crippen LogP contribution in [0.1, 0.15) is 5.56 Å². The number of ether oxygens (including phenoxy) is 4. The zero-order valence-electron chi connectivity index (χ0n) is 15.7. The first-order chi connectivity index (χ1) is 13.8. The molecule has 2 aromatic rings. The van der Waals surface area contributed by atoms with E-state index in [1.165, 1.54) is 50.6 Å². The molecular weight excluding hydrogens is 388 g/mol. The summed E-state index contributed by atoms with van der Waals surface area (Å²) in [5.74, 6) is -0.218. The Bertz CT molecular complexity index is 914. The quantitative estimate of drug-likeness (QED) is 0.252. The fraction of sp³-hybridized carbons (Fsp3) is 0.278. The summed E-state index contributed by atoms with van der Waals surface area (Å²) in [5, 5.41) is 22.4. The summed E-state index contributed by atoms with van der Waals surface area (Å²) in [6, 6.07) is 8.22. The van der Waals surface area contributed by atoms with Gasteiger partial charge in [0.25, 0.3) is 0 Å². The normalized spacial score (nSPS) is 10.1. The average Bonchev–Trinajstić information content (AvgIpc) is 2.71. The van der Waals surface area contributed by atoms with Gasteiger partial charge in [-0.3, -0.25) is 25.0 Å². The van der Waals surface area contributed by atoms with Gasteiger partial charge in [-0.15, -0.1) is 0 Å². The van der Waals surface area contributed by atoms with Crippen LogP contribution in [0.25, 0.3) is 0 Å². The number of nitrogens with zero attached hydrogens (tertiary/aromatic N) is 2. The third-order valence-corrected chi connectivity index (χ3v) is 3.76. The van der Waals surface area contributed by atoms with Crippen molar-refractivity contribution in [2.75, 3.05) is 27.4 Å². The van der Waals surface area contributed by atoms with E-state index in [1.807, 2.05) is 0 Å². The molecule has 0 N–H and O–H groups in total. The highest BCUT2D eigenvalue weighted by atomic mass is 16.6. The first-order valence-electron chi connectivity index (χ1n) is 8.28. The summed E-state index contributed by atoms with van der Waals surface area (Å²) in [6.07, 6.45) is -0.109. The summed E-state index contributed by atoms with van der Waals surface area (Å²) in [4.78, 5) is 32.5. The number of hydrogen-bond acceptors (Lipinski definition) is 9. The number of methoxy groups -OCH3 is 2. The molecule has 0 atom stereocenters. The fourth-order valence-corrected chi connectivity index (χ4v) is 2.37. The number of hydrogen-bond donors (Lipinski definition) is 0. The lowest BCUT2D eigenvalue weighted by molar-refractivity contribution is -0.386. The van der Waals surface area contributed by atoms with Crippen molar-refractivity contribution in [1.82, 2.24) is 0 Å². The third-order valence-electron chi connectivity index (χ3n) is 3.76. The Balaban J connectivity index is 2.03. The number of nitro benzene ring substituents is 2. The van der Waals surface area contributed by atoms with Gasteiger partial charge < -0.3 is 18.9 Å². The van der Waals surface area contributed by atoms with E-state index in [4.69, 9.17) is 14.2 Å². The molecule has 0 aliphatic carbocycles. The van der Waals surface area contributed by atoms with Crippen LogP contribution in [0.5, 0.6) is 17.2 Å². The van der Waals surface area contributed by atoms with Gasteiger partial charge in [0, 0.05) is 6.07 Å². The molecule has 0 radical (unpaired) electrons. The van der Waals surface area contributed by atoms with E-state index in [1.54, 1.807) is 0 Å². The molecule has 0 saturated carbocycles. The largest absolute Gasteiger partial charge is 0.496 e. The van der Waals surface area contributed by atoms with Crippen LogP contribution in [0, 0.1) is 20.2 Å². The van der Waals surface area contributed by atoms with E-state index in [0.29, 0.717) is 11.3 Å². The fourth-order valence-electron chi connectivity index (χ4n) is 2.37. The molecule has 0 amide bonds. The van der Waals surface area contributed by atoms with Crippen LogP contribution < -0.4 is 14.2 Å². The van der Waals surface area contributed by atoms with Gasteiger partial charge in [0.2, 0.25) is 0 Å². The summed E-state index contributed by atoms with van der Waals surface area (Å²) in [6.45, 7) is -0.186. The van der Waals surface area contributed by atoms with Crippen LogP contribution in [0.3, 0.4) is 0 Å². The molecular formula is C18H18N2O9. The highest BCUT2D eigenvalue weighted by molar-refractivity contribution is 5.73. The van der Waals surface area contributed by atoms with Gasteiger partial charge in [0.05, 0.1) is 36.6 Å². The first kappa shape index (κ1) is 21.4. The van der Waals surface area contributed by atoms with Crippen molar-refractivity contribution in [1.29, 1.82) is 0 Å². The number of esters is 1. The SMILES string of the molecule is COC(=O)Cc1ccc(OCCOc2ccc(OC)cc2[N+](=O)[O-])c([N+](=O)[O-])c1. The minimum atomic E-state index is -0.634. The summed E-state index contributed by atoms with van der Waals surface area (Å²) in [5.41, 5.74) is -0.190. The second-order valence-electron chi connectivity index (χ2n) is 5.60. The second kappa shape index (κ2) is 9.88. The lowest BCUT2D eigenvalue weighted by atomic mass is 10.1. The molecule has 0 bridgehead atoms. The maximum absolute atomic E-state index is 11.3. The average molecular weight is 406 g/mol. The van der Waals surface area contributed by atoms with Gasteiger partial charge >= 0.3 is 17.3 Å². The lowest BCUT2D eigenvalue weighted by Gasteiger charge is -2.10. The predicted molar refractivity (Wildman–Crippen MR) is 99.5 cm³/mol. The molecule has 0 fully saturated rings. The molecule has 29 heavy (non-hydrogen) atoms. The Morgan fingerprint density at radius 1 is 0.897 bits per heavy atom. The van der Waals surface area contributed by atoms with Crippen molar-refractivity contribution in [2.24, 2.45) is 0 Å². The molecule has 154 valence electrons. The van der Waals surface area contributed by atoms with E-state index in [2.05, 4.69) is 4.74 Å². The van der Waals surface area contributed by atoms with Gasteiger partial charge in [-0.25, -0.2) is 0 Å². The Morgan fingerprint density at radius 2 is 1.45 bits per heavy atom. The molecule has 0 heterocycles. The van der Waals surface area contributed by atoms with Crippen LogP contribution in [0.15, 0.2) is 36.4 Å². The van der Waals surface area contributed by atoms with Gasteiger partial charge in [-0.1, -0.05) is 6.07 Å². The van der Waals surface area contributed by atoms with E-state index in [0.717, 1.165) is 0 Å². The third kappa shape index (κ3) is 5.79. The molecule has 2 aromatic carbocycles. The van der Waals surface area contributed by atoms with Gasteiger partial charge in [-0.05, 0) is 23.8 Å². The van der Waals surface area contributed by atoms with Crippen LogP contribution in [0.2, 0.25) is 0 Å². The van der Waals surface area contributed by atoms with E-state index in [-0.39, 0.29) is 42.5 Å². The van der Waals surface area contributed by atoms with Gasteiger partial charge in [0.15, 0.2) is 11.5 Å². The van der Waals surface area contributed by atoms with Crippen molar-refractivity contribution in [3.8, 4) is 17.2 Å². The van der Waals surface area contributed by atoms with E-state index >= 15 is 0 Å². The maximum Gasteiger partial charge on any atom is 0.314 e. The number of rotatable bonds is 10. The smallest absolute Gasteiger partial charge is 0.314 e. The number of benzene rings is 2. The molecule has 2 rings (SSSR count). The summed E-state index contributed by atoms with van der Waals surface area (Å²) >= 11 is 0. The molecule has 11 nitrogen and oxygen atoms in total. The van der Waals surface area contributed by atoms with Gasteiger partial charge in [0.1, 0.15) is 19.0 Å².